The molecule has 1 unspecified atom stereocenters. The molecule has 6 nitrogen and oxygen atoms in total. The van der Waals surface area contributed by atoms with Crippen molar-refractivity contribution in [2.75, 3.05) is 19.8 Å². The average molecular weight is 370 g/mol. The zero-order valence-electron chi connectivity index (χ0n) is 14.8. The first kappa shape index (κ1) is 19.5. The van der Waals surface area contributed by atoms with E-state index in [1.165, 1.54) is 0 Å². The van der Waals surface area contributed by atoms with Gasteiger partial charge >= 0.3 is 5.97 Å². The first-order chi connectivity index (χ1) is 12.1. The molecule has 2 rings (SSSR count). The Bertz CT molecular complexity index is 619. The molecule has 1 aliphatic heterocycles. The summed E-state index contributed by atoms with van der Waals surface area (Å²) >= 11 is 6.13. The summed E-state index contributed by atoms with van der Waals surface area (Å²) in [5.41, 5.74) is 1.27. The van der Waals surface area contributed by atoms with Crippen molar-refractivity contribution in [3.63, 3.8) is 0 Å². The maximum atomic E-state index is 11.8. The fraction of sp³-hybridized carbons (Fsp3) is 0.556. The van der Waals surface area contributed by atoms with Crippen LogP contribution >= 0.6 is 11.6 Å². The molecule has 25 heavy (non-hydrogen) atoms. The van der Waals surface area contributed by atoms with Crippen molar-refractivity contribution in [2.24, 2.45) is 5.16 Å². The van der Waals surface area contributed by atoms with Gasteiger partial charge in [0.2, 0.25) is 0 Å². The third kappa shape index (κ3) is 5.34. The summed E-state index contributed by atoms with van der Waals surface area (Å²) in [6, 6.07) is 5.14. The quantitative estimate of drug-likeness (QED) is 0.491. The average Bonchev–Trinajstić information content (AvgIpc) is 3.05. The van der Waals surface area contributed by atoms with Crippen molar-refractivity contribution < 1.29 is 23.8 Å². The first-order valence-corrected chi connectivity index (χ1v) is 8.89. The van der Waals surface area contributed by atoms with Gasteiger partial charge in [0.1, 0.15) is 24.2 Å². The Kier molecular flexibility index (Phi) is 7.52. The molecule has 2 atom stereocenters. The SMILES string of the molecule is CCCCOC1CON=C1c1cc(Cl)ccc1O[C@@H](C)C(=O)OCC. The van der Waals surface area contributed by atoms with Crippen molar-refractivity contribution in [3.8, 4) is 5.75 Å². The van der Waals surface area contributed by atoms with Crippen LogP contribution in [0.4, 0.5) is 0 Å². The van der Waals surface area contributed by atoms with Crippen LogP contribution in [-0.4, -0.2) is 43.7 Å². The van der Waals surface area contributed by atoms with E-state index >= 15 is 0 Å². The minimum Gasteiger partial charge on any atom is -0.478 e. The molecular formula is C18H24ClNO5. The molecule has 1 aromatic rings. The highest BCUT2D eigenvalue weighted by Gasteiger charge is 2.29. The minimum absolute atomic E-state index is 0.287. The largest absolute Gasteiger partial charge is 0.478 e. The summed E-state index contributed by atoms with van der Waals surface area (Å²) in [7, 11) is 0. The van der Waals surface area contributed by atoms with E-state index in [2.05, 4.69) is 12.1 Å². The molecule has 0 N–H and O–H groups in total. The lowest BCUT2D eigenvalue weighted by Gasteiger charge is -2.18. The number of rotatable bonds is 9. The van der Waals surface area contributed by atoms with Crippen LogP contribution in [0.2, 0.25) is 5.02 Å². The van der Waals surface area contributed by atoms with E-state index in [1.807, 2.05) is 0 Å². The lowest BCUT2D eigenvalue weighted by atomic mass is 10.0. The number of hydrogen-bond donors (Lipinski definition) is 0. The monoisotopic (exact) mass is 369 g/mol. The molecule has 0 saturated heterocycles. The summed E-state index contributed by atoms with van der Waals surface area (Å²) in [4.78, 5) is 17.0. The van der Waals surface area contributed by atoms with Crippen LogP contribution in [0.25, 0.3) is 0 Å². The van der Waals surface area contributed by atoms with Crippen LogP contribution in [0.1, 0.15) is 39.2 Å². The van der Waals surface area contributed by atoms with E-state index in [0.717, 1.165) is 12.8 Å². The summed E-state index contributed by atoms with van der Waals surface area (Å²) in [6.45, 7) is 6.76. The van der Waals surface area contributed by atoms with Crippen LogP contribution < -0.4 is 4.74 Å². The van der Waals surface area contributed by atoms with Crippen LogP contribution in [0.5, 0.6) is 5.75 Å². The Morgan fingerprint density at radius 2 is 2.24 bits per heavy atom. The van der Waals surface area contributed by atoms with Gasteiger partial charge in [-0.1, -0.05) is 30.1 Å². The van der Waals surface area contributed by atoms with Crippen molar-refractivity contribution in [3.05, 3.63) is 28.8 Å². The Hall–Kier alpha value is -1.79. The number of nitrogens with zero attached hydrogens (tertiary/aromatic N) is 1. The molecule has 0 amide bonds. The molecule has 0 spiro atoms. The van der Waals surface area contributed by atoms with Crippen molar-refractivity contribution in [2.45, 2.75) is 45.8 Å². The number of carbonyl (C=O) groups excluding carboxylic acids is 1. The number of halogens is 1. The van der Waals surface area contributed by atoms with Gasteiger partial charge in [-0.2, -0.15) is 0 Å². The topological polar surface area (TPSA) is 66.3 Å². The van der Waals surface area contributed by atoms with Gasteiger partial charge in [0, 0.05) is 17.2 Å². The van der Waals surface area contributed by atoms with E-state index < -0.39 is 12.1 Å². The third-order valence-corrected chi connectivity index (χ3v) is 3.89. The highest BCUT2D eigenvalue weighted by molar-refractivity contribution is 6.31. The van der Waals surface area contributed by atoms with E-state index in [4.69, 9.17) is 30.6 Å². The van der Waals surface area contributed by atoms with Crippen LogP contribution in [0.15, 0.2) is 23.4 Å². The molecule has 0 saturated carbocycles. The van der Waals surface area contributed by atoms with Crippen LogP contribution in [0.3, 0.4) is 0 Å². The number of benzene rings is 1. The van der Waals surface area contributed by atoms with Gasteiger partial charge in [-0.25, -0.2) is 4.79 Å². The van der Waals surface area contributed by atoms with E-state index in [1.54, 1.807) is 32.0 Å². The fourth-order valence-corrected chi connectivity index (χ4v) is 2.51. The third-order valence-electron chi connectivity index (χ3n) is 3.65. The second-order valence-corrected chi connectivity index (χ2v) is 6.07. The highest BCUT2D eigenvalue weighted by Crippen LogP contribution is 2.28. The second-order valence-electron chi connectivity index (χ2n) is 5.64. The fourth-order valence-electron chi connectivity index (χ4n) is 2.34. The van der Waals surface area contributed by atoms with Gasteiger partial charge < -0.3 is 19.0 Å². The Morgan fingerprint density at radius 1 is 1.44 bits per heavy atom. The lowest BCUT2D eigenvalue weighted by molar-refractivity contribution is -0.150. The number of hydrogen-bond acceptors (Lipinski definition) is 6. The molecule has 0 fully saturated rings. The van der Waals surface area contributed by atoms with E-state index in [0.29, 0.717) is 41.9 Å². The van der Waals surface area contributed by atoms with Crippen LogP contribution in [-0.2, 0) is 19.1 Å². The van der Waals surface area contributed by atoms with Gasteiger partial charge in [-0.15, -0.1) is 0 Å². The lowest BCUT2D eigenvalue weighted by Crippen LogP contribution is -2.29. The maximum absolute atomic E-state index is 11.8. The predicted octanol–water partition coefficient (Wildman–Crippen LogP) is 3.59. The van der Waals surface area contributed by atoms with Crippen LogP contribution in [0, 0.1) is 0 Å². The summed E-state index contributed by atoms with van der Waals surface area (Å²) < 4.78 is 16.6. The molecule has 1 aliphatic rings. The van der Waals surface area contributed by atoms with Crippen molar-refractivity contribution >= 4 is 23.3 Å². The van der Waals surface area contributed by atoms with E-state index in [-0.39, 0.29) is 6.10 Å². The summed E-state index contributed by atoms with van der Waals surface area (Å²) in [5.74, 6) is 0.0575. The number of carbonyl (C=O) groups is 1. The number of ether oxygens (including phenoxy) is 3. The van der Waals surface area contributed by atoms with Crippen molar-refractivity contribution in [1.29, 1.82) is 0 Å². The van der Waals surface area contributed by atoms with E-state index in [9.17, 15) is 4.79 Å². The van der Waals surface area contributed by atoms with Gasteiger partial charge in [-0.3, -0.25) is 0 Å². The molecule has 0 aromatic heterocycles. The summed E-state index contributed by atoms with van der Waals surface area (Å²) in [6.07, 6.45) is 0.970. The van der Waals surface area contributed by atoms with Gasteiger partial charge in [-0.05, 0) is 38.5 Å². The molecular weight excluding hydrogens is 346 g/mol. The Balaban J connectivity index is 2.19. The molecule has 1 heterocycles. The molecule has 7 heteroatoms. The second kappa shape index (κ2) is 9.63. The van der Waals surface area contributed by atoms with Gasteiger partial charge in [0.05, 0.1) is 6.61 Å². The molecule has 1 aromatic carbocycles. The number of oxime groups is 1. The normalized spacial score (nSPS) is 17.6. The number of esters is 1. The minimum atomic E-state index is -0.748. The van der Waals surface area contributed by atoms with Gasteiger partial charge in [0.25, 0.3) is 0 Å². The standard InChI is InChI=1S/C18H24ClNO5/c1-4-6-9-23-16-11-24-20-17(16)14-10-13(19)7-8-15(14)25-12(3)18(21)22-5-2/h7-8,10,12,16H,4-6,9,11H2,1-3H3/t12-,16?/m0/s1. The molecule has 0 radical (unpaired) electrons. The van der Waals surface area contributed by atoms with Crippen molar-refractivity contribution in [1.82, 2.24) is 0 Å². The summed E-state index contributed by atoms with van der Waals surface area (Å²) in [5, 5.41) is 4.63. The molecule has 0 aliphatic carbocycles. The number of unbranched alkanes of at least 4 members (excludes halogenated alkanes) is 1. The highest BCUT2D eigenvalue weighted by atomic mass is 35.5. The Labute approximate surface area is 153 Å². The maximum Gasteiger partial charge on any atom is 0.347 e. The first-order valence-electron chi connectivity index (χ1n) is 8.51. The van der Waals surface area contributed by atoms with Gasteiger partial charge in [0.15, 0.2) is 6.10 Å². The molecule has 0 bridgehead atoms. The Morgan fingerprint density at radius 3 is 2.96 bits per heavy atom. The molecule has 138 valence electrons. The smallest absolute Gasteiger partial charge is 0.347 e. The zero-order valence-corrected chi connectivity index (χ0v) is 15.5. The predicted molar refractivity (Wildman–Crippen MR) is 95.3 cm³/mol. The zero-order chi connectivity index (χ0) is 18.2.